The molecule has 23 aromatic rings. The molecule has 6 nitrogen and oxygen atoms in total. The molecule has 2 aliphatic rings. The molecule has 562 valence electrons. The zero-order chi connectivity index (χ0) is 79.3. The van der Waals surface area contributed by atoms with Crippen LogP contribution >= 0.6 is 0 Å². The van der Waals surface area contributed by atoms with E-state index in [2.05, 4.69) is 439 Å². The average molecular weight is 1540 g/mol. The minimum atomic E-state index is -0.398. The summed E-state index contributed by atoms with van der Waals surface area (Å²) in [7, 11) is 0. The molecule has 0 saturated heterocycles. The highest BCUT2D eigenvalue weighted by molar-refractivity contribution is 7.00. The van der Waals surface area contributed by atoms with Gasteiger partial charge in [-0.15, -0.1) is 0 Å². The number of para-hydroxylation sites is 3. The first-order valence-corrected chi connectivity index (χ1v) is 41.5. The molecule has 0 aliphatic carbocycles. The van der Waals surface area contributed by atoms with E-state index in [0.29, 0.717) is 0 Å². The Morgan fingerprint density at radius 1 is 0.190 bits per heavy atom. The van der Waals surface area contributed by atoms with Crippen molar-refractivity contribution in [2.45, 2.75) is 0 Å². The lowest BCUT2D eigenvalue weighted by molar-refractivity contribution is 0.668. The summed E-state index contributed by atoms with van der Waals surface area (Å²) in [4.78, 5) is 5.31. The maximum absolute atomic E-state index is 7.27. The van der Waals surface area contributed by atoms with Crippen LogP contribution in [0.15, 0.2) is 438 Å². The second-order valence-electron chi connectivity index (χ2n) is 32.1. The fourth-order valence-corrected chi connectivity index (χ4v) is 19.9. The van der Waals surface area contributed by atoms with Crippen molar-refractivity contribution in [1.82, 2.24) is 4.57 Å². The number of hydrogen-bond acceptors (Lipinski definition) is 5. The predicted molar refractivity (Wildman–Crippen MR) is 506 cm³/mol. The number of fused-ring (bicyclic) bond motifs is 16. The molecule has 0 radical (unpaired) electrons. The number of furan rings is 3. The van der Waals surface area contributed by atoms with Crippen LogP contribution in [0.1, 0.15) is 0 Å². The van der Waals surface area contributed by atoms with Gasteiger partial charge in [0.15, 0.2) is 0 Å². The van der Waals surface area contributed by atoms with Crippen LogP contribution in [0.25, 0.3) is 193 Å². The van der Waals surface area contributed by atoms with Gasteiger partial charge in [-0.3, -0.25) is 0 Å². The standard InChI is InChI=1S/C114H70BN3O3/c1-6-26-71(27-7-1)76-36-24-38-81(62-76)88-53-60-108-110(91-43-19-22-46-105(91)120-108)113(88)117-100-58-50-83(87-41-17-16-40-86(87)75-34-14-5-15-35-75)67-97(100)115-96-55-52-85(116-98-56-48-78(73-30-10-3-11-31-73)64-93(98)94-65-79(49-57-99(94)116)74-32-12-4-13-33-74)70-101(96)118(103-69-84(68-102(117)112(103)115)80-51-59-107-95(66-80)90-42-18-21-45-104(90)119-107)114-89(54-61-109-111(114)92-44-20-23-47-106(92)121-109)82-39-25-37-77(63-82)72-28-8-2-9-29-72/h1-70H. The van der Waals surface area contributed by atoms with Gasteiger partial charge in [0.2, 0.25) is 0 Å². The van der Waals surface area contributed by atoms with Crippen LogP contribution in [0.3, 0.4) is 0 Å². The lowest BCUT2D eigenvalue weighted by atomic mass is 9.33. The Kier molecular flexibility index (Phi) is 15.4. The summed E-state index contributed by atoms with van der Waals surface area (Å²) in [6, 6.07) is 156. The van der Waals surface area contributed by atoms with Crippen molar-refractivity contribution in [1.29, 1.82) is 0 Å². The molecule has 0 spiro atoms. The summed E-state index contributed by atoms with van der Waals surface area (Å²) in [5, 5.41) is 8.47. The normalized spacial score (nSPS) is 12.4. The van der Waals surface area contributed by atoms with Crippen LogP contribution < -0.4 is 26.2 Å². The van der Waals surface area contributed by atoms with Gasteiger partial charge in [0, 0.05) is 71.9 Å². The van der Waals surface area contributed by atoms with E-state index in [0.717, 1.165) is 244 Å². The van der Waals surface area contributed by atoms with Crippen molar-refractivity contribution < 1.29 is 13.3 Å². The minimum absolute atomic E-state index is 0.398. The van der Waals surface area contributed by atoms with E-state index in [4.69, 9.17) is 13.3 Å². The second-order valence-corrected chi connectivity index (χ2v) is 32.1. The van der Waals surface area contributed by atoms with Gasteiger partial charge in [0.25, 0.3) is 6.71 Å². The largest absolute Gasteiger partial charge is 0.456 e. The van der Waals surface area contributed by atoms with Gasteiger partial charge in [-0.2, -0.15) is 0 Å². The Labute approximate surface area is 698 Å². The summed E-state index contributed by atoms with van der Waals surface area (Å²) in [5.41, 5.74) is 37.6. The quantitative estimate of drug-likeness (QED) is 0.114. The topological polar surface area (TPSA) is 50.8 Å². The molecule has 121 heavy (non-hydrogen) atoms. The van der Waals surface area contributed by atoms with E-state index in [1.165, 1.54) is 0 Å². The summed E-state index contributed by atoms with van der Waals surface area (Å²) in [6.45, 7) is -0.398. The van der Waals surface area contributed by atoms with Crippen LogP contribution in [-0.4, -0.2) is 11.3 Å². The molecular weight excluding hydrogens is 1470 g/mol. The van der Waals surface area contributed by atoms with Crippen LogP contribution in [0.2, 0.25) is 0 Å². The van der Waals surface area contributed by atoms with Crippen LogP contribution in [0, 0.1) is 0 Å². The summed E-state index contributed by atoms with van der Waals surface area (Å²) in [5.74, 6) is 0. The molecule has 25 rings (SSSR count). The number of nitrogens with zero attached hydrogens (tertiary/aromatic N) is 3. The van der Waals surface area contributed by atoms with E-state index < -0.39 is 6.71 Å². The Hall–Kier alpha value is -16.0. The van der Waals surface area contributed by atoms with Crippen molar-refractivity contribution in [3.05, 3.63) is 425 Å². The van der Waals surface area contributed by atoms with Gasteiger partial charge >= 0.3 is 0 Å². The van der Waals surface area contributed by atoms with Gasteiger partial charge in [-0.1, -0.05) is 303 Å². The first-order valence-electron chi connectivity index (χ1n) is 41.5. The van der Waals surface area contributed by atoms with Crippen LogP contribution in [0.5, 0.6) is 0 Å². The molecule has 4 aromatic heterocycles. The van der Waals surface area contributed by atoms with Crippen molar-refractivity contribution in [3.63, 3.8) is 0 Å². The Balaban J connectivity index is 0.852. The predicted octanol–water partition coefficient (Wildman–Crippen LogP) is 29.6. The fourth-order valence-electron chi connectivity index (χ4n) is 19.9. The molecule has 19 aromatic carbocycles. The van der Waals surface area contributed by atoms with E-state index >= 15 is 0 Å². The van der Waals surface area contributed by atoms with Crippen molar-refractivity contribution in [3.8, 4) is 106 Å². The van der Waals surface area contributed by atoms with E-state index in [1.807, 2.05) is 0 Å². The molecule has 0 saturated carbocycles. The number of anilines is 6. The Morgan fingerprint density at radius 3 is 1.11 bits per heavy atom. The van der Waals surface area contributed by atoms with Gasteiger partial charge in [-0.25, -0.2) is 0 Å². The molecule has 0 amide bonds. The second kappa shape index (κ2) is 27.3. The first-order chi connectivity index (χ1) is 60.0. The average Bonchev–Trinajstić information content (AvgIpc) is 1.56. The molecule has 6 heterocycles. The molecular formula is C114H70BN3O3. The maximum Gasteiger partial charge on any atom is 0.252 e. The molecule has 0 N–H and O–H groups in total. The van der Waals surface area contributed by atoms with Gasteiger partial charge in [0.05, 0.1) is 33.2 Å². The highest BCUT2D eigenvalue weighted by Gasteiger charge is 2.46. The Bertz CT molecular complexity index is 8070. The fraction of sp³-hybridized carbons (Fsp3) is 0. The van der Waals surface area contributed by atoms with Crippen LogP contribution in [0.4, 0.5) is 34.1 Å². The highest BCUT2D eigenvalue weighted by atomic mass is 16.3. The van der Waals surface area contributed by atoms with Gasteiger partial charge < -0.3 is 27.6 Å². The zero-order valence-corrected chi connectivity index (χ0v) is 65.6. The van der Waals surface area contributed by atoms with E-state index in [9.17, 15) is 0 Å². The Morgan fingerprint density at radius 2 is 0.570 bits per heavy atom. The van der Waals surface area contributed by atoms with Crippen molar-refractivity contribution in [2.75, 3.05) is 9.80 Å². The third-order valence-corrected chi connectivity index (χ3v) is 25.4. The molecule has 0 fully saturated rings. The third kappa shape index (κ3) is 10.9. The third-order valence-electron chi connectivity index (χ3n) is 25.4. The molecule has 0 atom stereocenters. The molecule has 0 bridgehead atoms. The van der Waals surface area contributed by atoms with Crippen molar-refractivity contribution >= 4 is 145 Å². The number of benzene rings is 19. The first kappa shape index (κ1) is 68.3. The van der Waals surface area contributed by atoms with Gasteiger partial charge in [0.1, 0.15) is 33.5 Å². The molecule has 7 heteroatoms. The summed E-state index contributed by atoms with van der Waals surface area (Å²) >= 11 is 0. The summed E-state index contributed by atoms with van der Waals surface area (Å²) in [6.07, 6.45) is 0. The van der Waals surface area contributed by atoms with E-state index in [-0.39, 0.29) is 0 Å². The number of hydrogen-bond donors (Lipinski definition) is 0. The lowest BCUT2D eigenvalue weighted by Crippen LogP contribution is -2.61. The highest BCUT2D eigenvalue weighted by Crippen LogP contribution is 2.56. The monoisotopic (exact) mass is 1540 g/mol. The number of aromatic nitrogens is 1. The van der Waals surface area contributed by atoms with Crippen LogP contribution in [-0.2, 0) is 0 Å². The smallest absolute Gasteiger partial charge is 0.252 e. The lowest BCUT2D eigenvalue weighted by Gasteiger charge is -2.45. The number of rotatable bonds is 12. The molecule has 0 unspecified atom stereocenters. The maximum atomic E-state index is 7.27. The van der Waals surface area contributed by atoms with Gasteiger partial charge in [-0.05, 0) is 227 Å². The molecule has 2 aliphatic heterocycles. The minimum Gasteiger partial charge on any atom is -0.456 e. The van der Waals surface area contributed by atoms with Crippen molar-refractivity contribution in [2.24, 2.45) is 0 Å². The SMILES string of the molecule is c1ccc(-c2cccc(-c3ccc4oc5ccccc5c4c3N3c4ccc(-c5ccccc5-c5ccccc5)cc4B4c5ccc(-n6c7ccc(-c8ccccc8)cc7c7cc(-c8ccccc8)ccc76)cc5N(c5c(-c6cccc(-c7ccccc7)c6)ccc6oc7ccccc7c56)c5cc(-c6ccc7oc8ccccc8c7c6)cc3c54)c2)cc1. The zero-order valence-electron chi connectivity index (χ0n) is 65.6. The summed E-state index contributed by atoms with van der Waals surface area (Å²) < 4.78 is 23.7. The van der Waals surface area contributed by atoms with E-state index in [1.54, 1.807) is 0 Å².